The minimum atomic E-state index is -0.358. The van der Waals surface area contributed by atoms with Gasteiger partial charge in [0.05, 0.1) is 18.7 Å². The second kappa shape index (κ2) is 8.97. The normalized spacial score (nSPS) is 15.6. The number of nitrogens with one attached hydrogen (secondary N) is 2. The van der Waals surface area contributed by atoms with Gasteiger partial charge < -0.3 is 15.4 Å². The Morgan fingerprint density at radius 2 is 2.14 bits per heavy atom. The Morgan fingerprint density at radius 3 is 2.89 bits per heavy atom. The molecule has 28 heavy (non-hydrogen) atoms. The molecule has 1 aliphatic carbocycles. The lowest BCUT2D eigenvalue weighted by atomic mass is 9.88. The van der Waals surface area contributed by atoms with E-state index in [0.29, 0.717) is 28.1 Å². The van der Waals surface area contributed by atoms with Crippen molar-refractivity contribution in [1.29, 1.82) is 0 Å². The third-order valence-corrected chi connectivity index (χ3v) is 6.29. The molecule has 1 amide bonds. The van der Waals surface area contributed by atoms with E-state index in [1.807, 2.05) is 19.1 Å². The quantitative estimate of drug-likeness (QED) is 0.641. The first kappa shape index (κ1) is 20.7. The average Bonchev–Trinajstić information content (AvgIpc) is 2.99. The Hall–Kier alpha value is -2.05. The molecule has 0 bridgehead atoms. The highest BCUT2D eigenvalue weighted by Crippen LogP contribution is 2.40. The third kappa shape index (κ3) is 4.67. The summed E-state index contributed by atoms with van der Waals surface area (Å²) in [5.41, 5.74) is 3.38. The maximum Gasteiger partial charge on any atom is 0.341 e. The van der Waals surface area contributed by atoms with Crippen LogP contribution in [0.4, 0.5) is 10.7 Å². The van der Waals surface area contributed by atoms with Crippen molar-refractivity contribution in [2.75, 3.05) is 23.8 Å². The van der Waals surface area contributed by atoms with Crippen molar-refractivity contribution in [2.24, 2.45) is 5.92 Å². The molecule has 5 nitrogen and oxygen atoms in total. The predicted octanol–water partition coefficient (Wildman–Crippen LogP) is 5.06. The Morgan fingerprint density at radius 1 is 1.36 bits per heavy atom. The van der Waals surface area contributed by atoms with Crippen molar-refractivity contribution in [3.63, 3.8) is 0 Å². The minimum absolute atomic E-state index is 0.0857. The number of anilines is 2. The fraction of sp³-hybridized carbons (Fsp3) is 0.429. The van der Waals surface area contributed by atoms with Gasteiger partial charge in [0.15, 0.2) is 0 Å². The number of hydrogen-bond acceptors (Lipinski definition) is 5. The molecule has 2 N–H and O–H groups in total. The number of carbonyl (C=O) groups is 2. The minimum Gasteiger partial charge on any atom is -0.462 e. The second-order valence-corrected chi connectivity index (χ2v) is 8.68. The lowest BCUT2D eigenvalue weighted by Crippen LogP contribution is -2.23. The van der Waals surface area contributed by atoms with E-state index in [2.05, 4.69) is 17.6 Å². The highest BCUT2D eigenvalue weighted by Gasteiger charge is 2.29. The standard InChI is InChI=1S/C21H25ClN2O3S/c1-4-27-21(26)19-15-8-5-12(2)9-17(15)28-20(19)24-18(25)11-23-16-10-14(22)7-6-13(16)3/h6-7,10,12,23H,4-5,8-9,11H2,1-3H3,(H,24,25). The summed E-state index contributed by atoms with van der Waals surface area (Å²) in [7, 11) is 0. The van der Waals surface area contributed by atoms with Crippen LogP contribution in [0, 0.1) is 12.8 Å². The molecule has 0 fully saturated rings. The van der Waals surface area contributed by atoms with Crippen LogP contribution in [0.25, 0.3) is 0 Å². The molecule has 0 saturated heterocycles. The largest absolute Gasteiger partial charge is 0.462 e. The number of carbonyl (C=O) groups excluding carboxylic acids is 2. The number of aryl methyl sites for hydroxylation is 1. The van der Waals surface area contributed by atoms with Crippen LogP contribution in [0.3, 0.4) is 0 Å². The van der Waals surface area contributed by atoms with Crippen LogP contribution >= 0.6 is 22.9 Å². The molecule has 1 unspecified atom stereocenters. The molecule has 1 aromatic heterocycles. The van der Waals surface area contributed by atoms with E-state index in [4.69, 9.17) is 16.3 Å². The van der Waals surface area contributed by atoms with Gasteiger partial charge in [-0.25, -0.2) is 4.79 Å². The molecule has 150 valence electrons. The Bertz CT molecular complexity index is 894. The average molecular weight is 421 g/mol. The maximum absolute atomic E-state index is 12.5. The summed E-state index contributed by atoms with van der Waals surface area (Å²) < 4.78 is 5.25. The number of ether oxygens (including phenoxy) is 1. The third-order valence-electron chi connectivity index (χ3n) is 4.88. The fourth-order valence-electron chi connectivity index (χ4n) is 3.39. The second-order valence-electron chi connectivity index (χ2n) is 7.14. The fourth-order valence-corrected chi connectivity index (χ4v) is 4.98. The lowest BCUT2D eigenvalue weighted by Gasteiger charge is -2.18. The zero-order valence-corrected chi connectivity index (χ0v) is 17.9. The molecule has 0 aliphatic heterocycles. The van der Waals surface area contributed by atoms with Crippen molar-refractivity contribution in [3.05, 3.63) is 44.8 Å². The lowest BCUT2D eigenvalue weighted by molar-refractivity contribution is -0.114. The number of amides is 1. The van der Waals surface area contributed by atoms with Gasteiger partial charge in [-0.05, 0) is 62.3 Å². The highest BCUT2D eigenvalue weighted by atomic mass is 35.5. The molecule has 1 heterocycles. The summed E-state index contributed by atoms with van der Waals surface area (Å²) in [5.74, 6) is 0.0114. The van der Waals surface area contributed by atoms with Crippen molar-refractivity contribution in [3.8, 4) is 0 Å². The van der Waals surface area contributed by atoms with Gasteiger partial charge in [0.1, 0.15) is 5.00 Å². The zero-order valence-electron chi connectivity index (χ0n) is 16.4. The molecular formula is C21H25ClN2O3S. The van der Waals surface area contributed by atoms with E-state index in [0.717, 1.165) is 36.1 Å². The van der Waals surface area contributed by atoms with Crippen LogP contribution in [-0.2, 0) is 22.4 Å². The van der Waals surface area contributed by atoms with E-state index in [1.54, 1.807) is 13.0 Å². The van der Waals surface area contributed by atoms with Crippen LogP contribution in [0.5, 0.6) is 0 Å². The number of esters is 1. The Kier molecular flexibility index (Phi) is 6.62. The van der Waals surface area contributed by atoms with E-state index < -0.39 is 0 Å². The molecular weight excluding hydrogens is 396 g/mol. The van der Waals surface area contributed by atoms with Gasteiger partial charge in [0, 0.05) is 15.6 Å². The summed E-state index contributed by atoms with van der Waals surface area (Å²) in [6.45, 7) is 6.34. The molecule has 1 atom stereocenters. The van der Waals surface area contributed by atoms with E-state index in [9.17, 15) is 9.59 Å². The van der Waals surface area contributed by atoms with Gasteiger partial charge in [-0.1, -0.05) is 24.6 Å². The molecule has 0 radical (unpaired) electrons. The number of rotatable bonds is 6. The predicted molar refractivity (Wildman–Crippen MR) is 115 cm³/mol. The van der Waals surface area contributed by atoms with Gasteiger partial charge in [-0.3, -0.25) is 4.79 Å². The van der Waals surface area contributed by atoms with Crippen molar-refractivity contribution in [2.45, 2.75) is 40.0 Å². The molecule has 2 aromatic rings. The molecule has 1 aromatic carbocycles. The van der Waals surface area contributed by atoms with Crippen molar-refractivity contribution in [1.82, 2.24) is 0 Å². The van der Waals surface area contributed by atoms with Gasteiger partial charge in [0.25, 0.3) is 0 Å². The van der Waals surface area contributed by atoms with Crippen molar-refractivity contribution < 1.29 is 14.3 Å². The Balaban J connectivity index is 1.76. The van der Waals surface area contributed by atoms with Gasteiger partial charge >= 0.3 is 5.97 Å². The first-order valence-electron chi connectivity index (χ1n) is 9.50. The first-order chi connectivity index (χ1) is 13.4. The number of hydrogen-bond donors (Lipinski definition) is 2. The van der Waals surface area contributed by atoms with E-state index in [-0.39, 0.29) is 18.4 Å². The SMILES string of the molecule is CCOC(=O)c1c(NC(=O)CNc2cc(Cl)ccc2C)sc2c1CCC(C)C2. The summed E-state index contributed by atoms with van der Waals surface area (Å²) >= 11 is 7.52. The van der Waals surface area contributed by atoms with Crippen LogP contribution in [-0.4, -0.2) is 25.0 Å². The first-order valence-corrected chi connectivity index (χ1v) is 10.7. The maximum atomic E-state index is 12.5. The number of thiophene rings is 1. The van der Waals surface area contributed by atoms with Crippen LogP contribution in [0.1, 0.15) is 46.6 Å². The van der Waals surface area contributed by atoms with Gasteiger partial charge in [-0.2, -0.15) is 0 Å². The highest BCUT2D eigenvalue weighted by molar-refractivity contribution is 7.17. The zero-order chi connectivity index (χ0) is 20.3. The number of fused-ring (bicyclic) bond motifs is 1. The van der Waals surface area contributed by atoms with Crippen LogP contribution in [0.15, 0.2) is 18.2 Å². The summed E-state index contributed by atoms with van der Waals surface area (Å²) in [4.78, 5) is 26.2. The van der Waals surface area contributed by atoms with E-state index in [1.165, 1.54) is 16.2 Å². The van der Waals surface area contributed by atoms with Gasteiger partial charge in [-0.15, -0.1) is 11.3 Å². The summed E-state index contributed by atoms with van der Waals surface area (Å²) in [5, 5.41) is 7.22. The topological polar surface area (TPSA) is 67.4 Å². The number of benzene rings is 1. The molecule has 3 rings (SSSR count). The number of halogens is 1. The molecule has 7 heteroatoms. The van der Waals surface area contributed by atoms with Crippen LogP contribution in [0.2, 0.25) is 5.02 Å². The van der Waals surface area contributed by atoms with E-state index >= 15 is 0 Å². The Labute approximate surface area is 174 Å². The van der Waals surface area contributed by atoms with Crippen molar-refractivity contribution >= 4 is 45.5 Å². The van der Waals surface area contributed by atoms with Gasteiger partial charge in [0.2, 0.25) is 5.91 Å². The molecule has 0 saturated carbocycles. The molecule has 0 spiro atoms. The summed E-state index contributed by atoms with van der Waals surface area (Å²) in [6, 6.07) is 5.50. The van der Waals surface area contributed by atoms with Crippen LogP contribution < -0.4 is 10.6 Å². The summed E-state index contributed by atoms with van der Waals surface area (Å²) in [6.07, 6.45) is 2.82. The monoisotopic (exact) mass is 420 g/mol. The molecule has 1 aliphatic rings. The smallest absolute Gasteiger partial charge is 0.341 e.